The van der Waals surface area contributed by atoms with Gasteiger partial charge in [-0.3, -0.25) is 25.0 Å². The second-order valence-corrected chi connectivity index (χ2v) is 9.69. The van der Waals surface area contributed by atoms with Crippen molar-refractivity contribution >= 4 is 35.3 Å². The van der Waals surface area contributed by atoms with Gasteiger partial charge in [0.1, 0.15) is 18.8 Å². The molecule has 5 rings (SSSR count). The minimum absolute atomic E-state index is 0.0566. The predicted octanol–water partition coefficient (Wildman–Crippen LogP) is 5.44. The van der Waals surface area contributed by atoms with E-state index >= 15 is 0 Å². The third kappa shape index (κ3) is 6.91. The first kappa shape index (κ1) is 30.3. The average molecular weight is 610 g/mol. The number of carbonyl (C=O) groups excluding carboxylic acids is 3. The van der Waals surface area contributed by atoms with E-state index in [0.717, 1.165) is 17.2 Å². The van der Waals surface area contributed by atoms with Crippen LogP contribution >= 0.6 is 0 Å². The lowest BCUT2D eigenvalue weighted by Gasteiger charge is -2.26. The zero-order chi connectivity index (χ0) is 31.9. The van der Waals surface area contributed by atoms with Gasteiger partial charge < -0.3 is 18.9 Å². The lowest BCUT2D eigenvalue weighted by Crippen LogP contribution is -2.54. The molecule has 12 nitrogen and oxygen atoms in total. The molecule has 0 aliphatic carbocycles. The maximum Gasteiger partial charge on any atom is 0.335 e. The van der Waals surface area contributed by atoms with Crippen molar-refractivity contribution in [2.24, 2.45) is 0 Å². The van der Waals surface area contributed by atoms with Gasteiger partial charge in [-0.05, 0) is 53.1 Å². The zero-order valence-electron chi connectivity index (χ0n) is 24.2. The minimum atomic E-state index is -1.02. The fraction of sp³-hybridized carbons (Fsp3) is 0.121. The second kappa shape index (κ2) is 13.4. The summed E-state index contributed by atoms with van der Waals surface area (Å²) in [7, 11) is 3.00. The molecule has 12 heteroatoms. The molecule has 45 heavy (non-hydrogen) atoms. The molecule has 0 bridgehead atoms. The van der Waals surface area contributed by atoms with Gasteiger partial charge in [-0.25, -0.2) is 9.69 Å². The number of barbiturate groups is 1. The van der Waals surface area contributed by atoms with E-state index < -0.39 is 22.8 Å². The molecule has 0 spiro atoms. The van der Waals surface area contributed by atoms with Crippen molar-refractivity contribution < 1.29 is 38.3 Å². The lowest BCUT2D eigenvalue weighted by atomic mass is 10.1. The van der Waals surface area contributed by atoms with Crippen LogP contribution in [-0.2, 0) is 22.8 Å². The van der Waals surface area contributed by atoms with E-state index in [-0.39, 0.29) is 23.6 Å². The number of rotatable bonds is 11. The van der Waals surface area contributed by atoms with Crippen molar-refractivity contribution in [3.05, 3.63) is 123 Å². The standard InChI is InChI=1S/C33H27N3O9/c1-42-29-16-22(15-26-31(37)34-33(39)35(32(26)38)24-9-6-10-25(18-24)36(40)41)11-13-27(29)45-20-23-12-14-28(30(17-23)43-2)44-19-21-7-4-3-5-8-21/h3-18H,19-20H2,1-2H3,(H,34,37,39)/b26-15-. The number of methoxy groups -OCH3 is 2. The van der Waals surface area contributed by atoms with E-state index in [1.807, 2.05) is 42.5 Å². The molecule has 0 atom stereocenters. The van der Waals surface area contributed by atoms with Gasteiger partial charge in [-0.2, -0.15) is 0 Å². The van der Waals surface area contributed by atoms with Crippen molar-refractivity contribution in [1.82, 2.24) is 5.32 Å². The lowest BCUT2D eigenvalue weighted by molar-refractivity contribution is -0.384. The Balaban J connectivity index is 1.31. The van der Waals surface area contributed by atoms with E-state index in [1.54, 1.807) is 31.4 Å². The molecule has 4 aromatic carbocycles. The third-order valence-electron chi connectivity index (χ3n) is 6.76. The molecule has 1 aliphatic rings. The number of anilines is 1. The number of nitro groups is 1. The topological polar surface area (TPSA) is 147 Å². The molecule has 0 saturated carbocycles. The first-order valence-electron chi connectivity index (χ1n) is 13.6. The summed E-state index contributed by atoms with van der Waals surface area (Å²) < 4.78 is 22.9. The molecule has 1 N–H and O–H groups in total. The Labute approximate surface area is 257 Å². The molecule has 4 aromatic rings. The first-order valence-corrected chi connectivity index (χ1v) is 13.6. The Morgan fingerprint density at radius 1 is 0.756 bits per heavy atom. The average Bonchev–Trinajstić information content (AvgIpc) is 3.05. The summed E-state index contributed by atoms with van der Waals surface area (Å²) in [6, 6.07) is 24.0. The number of non-ortho nitro benzene ring substituents is 1. The van der Waals surface area contributed by atoms with Crippen molar-refractivity contribution in [2.75, 3.05) is 19.1 Å². The van der Waals surface area contributed by atoms with Crippen molar-refractivity contribution in [3.8, 4) is 23.0 Å². The molecule has 1 aliphatic heterocycles. The first-order chi connectivity index (χ1) is 21.8. The van der Waals surface area contributed by atoms with E-state index in [2.05, 4.69) is 5.32 Å². The van der Waals surface area contributed by atoms with Gasteiger partial charge in [0.15, 0.2) is 23.0 Å². The monoisotopic (exact) mass is 609 g/mol. The highest BCUT2D eigenvalue weighted by molar-refractivity contribution is 6.39. The molecule has 228 valence electrons. The largest absolute Gasteiger partial charge is 0.493 e. The SMILES string of the molecule is COc1cc(/C=C2/C(=O)NC(=O)N(c3cccc([N+](=O)[O-])c3)C2=O)ccc1OCc1ccc(OCc2ccccc2)c(OC)c1. The summed E-state index contributed by atoms with van der Waals surface area (Å²) in [6.07, 6.45) is 1.29. The van der Waals surface area contributed by atoms with Crippen LogP contribution in [0.25, 0.3) is 6.08 Å². The number of carbonyl (C=O) groups is 3. The van der Waals surface area contributed by atoms with Crippen LogP contribution in [0.5, 0.6) is 23.0 Å². The van der Waals surface area contributed by atoms with E-state index in [0.29, 0.717) is 40.1 Å². The Kier molecular flexibility index (Phi) is 9.04. The third-order valence-corrected chi connectivity index (χ3v) is 6.76. The van der Waals surface area contributed by atoms with Crippen LogP contribution in [0.3, 0.4) is 0 Å². The van der Waals surface area contributed by atoms with Crippen LogP contribution in [-0.4, -0.2) is 37.0 Å². The van der Waals surface area contributed by atoms with Crippen LogP contribution in [0.4, 0.5) is 16.2 Å². The molecular weight excluding hydrogens is 582 g/mol. The maximum absolute atomic E-state index is 13.2. The van der Waals surface area contributed by atoms with Crippen LogP contribution in [0, 0.1) is 10.1 Å². The Morgan fingerprint density at radius 3 is 2.11 bits per heavy atom. The number of urea groups is 1. The fourth-order valence-corrected chi connectivity index (χ4v) is 4.51. The number of amides is 4. The number of hydrogen-bond donors (Lipinski definition) is 1. The highest BCUT2D eigenvalue weighted by Gasteiger charge is 2.37. The quantitative estimate of drug-likeness (QED) is 0.102. The van der Waals surface area contributed by atoms with Gasteiger partial charge in [0.2, 0.25) is 0 Å². The predicted molar refractivity (Wildman–Crippen MR) is 163 cm³/mol. The Morgan fingerprint density at radius 2 is 1.42 bits per heavy atom. The fourth-order valence-electron chi connectivity index (χ4n) is 4.51. The molecule has 1 saturated heterocycles. The summed E-state index contributed by atoms with van der Waals surface area (Å²) >= 11 is 0. The van der Waals surface area contributed by atoms with E-state index in [9.17, 15) is 24.5 Å². The van der Waals surface area contributed by atoms with Crippen LogP contribution in [0.2, 0.25) is 0 Å². The summed E-state index contributed by atoms with van der Waals surface area (Å²) in [5.74, 6) is 0.0243. The highest BCUT2D eigenvalue weighted by atomic mass is 16.6. The van der Waals surface area contributed by atoms with E-state index in [1.165, 1.54) is 31.4 Å². The Bertz CT molecular complexity index is 1800. The van der Waals surface area contributed by atoms with Crippen molar-refractivity contribution in [3.63, 3.8) is 0 Å². The van der Waals surface area contributed by atoms with Gasteiger partial charge in [-0.15, -0.1) is 0 Å². The van der Waals surface area contributed by atoms with Gasteiger partial charge in [0.05, 0.1) is 24.8 Å². The van der Waals surface area contributed by atoms with Gasteiger partial charge in [-0.1, -0.05) is 48.5 Å². The van der Waals surface area contributed by atoms with Gasteiger partial charge in [0.25, 0.3) is 17.5 Å². The second-order valence-electron chi connectivity index (χ2n) is 9.69. The highest BCUT2D eigenvalue weighted by Crippen LogP contribution is 2.33. The summed E-state index contributed by atoms with van der Waals surface area (Å²) in [4.78, 5) is 49.6. The van der Waals surface area contributed by atoms with Crippen LogP contribution in [0.1, 0.15) is 16.7 Å². The summed E-state index contributed by atoms with van der Waals surface area (Å²) in [5, 5.41) is 13.3. The van der Waals surface area contributed by atoms with Gasteiger partial charge in [0, 0.05) is 12.1 Å². The van der Waals surface area contributed by atoms with Gasteiger partial charge >= 0.3 is 6.03 Å². The number of ether oxygens (including phenoxy) is 4. The molecule has 1 fully saturated rings. The number of benzene rings is 4. The Hall–Kier alpha value is -6.17. The minimum Gasteiger partial charge on any atom is -0.493 e. The van der Waals surface area contributed by atoms with Crippen molar-refractivity contribution in [2.45, 2.75) is 13.2 Å². The molecule has 1 heterocycles. The number of imide groups is 2. The molecule has 0 unspecified atom stereocenters. The van der Waals surface area contributed by atoms with Crippen molar-refractivity contribution in [1.29, 1.82) is 0 Å². The molecule has 0 aromatic heterocycles. The summed E-state index contributed by atoms with van der Waals surface area (Å²) in [5.41, 5.74) is 1.52. The maximum atomic E-state index is 13.2. The molecule has 4 amide bonds. The number of nitro benzene ring substituents is 1. The zero-order valence-corrected chi connectivity index (χ0v) is 24.2. The number of nitrogens with one attached hydrogen (secondary N) is 1. The van der Waals surface area contributed by atoms with Crippen LogP contribution in [0.15, 0.2) is 96.6 Å². The number of nitrogens with zero attached hydrogens (tertiary/aromatic N) is 2. The normalized spacial score (nSPS) is 13.8. The molecule has 0 radical (unpaired) electrons. The molecular formula is C33H27N3O9. The number of hydrogen-bond acceptors (Lipinski definition) is 9. The summed E-state index contributed by atoms with van der Waals surface area (Å²) in [6.45, 7) is 0.566. The smallest absolute Gasteiger partial charge is 0.335 e. The van der Waals surface area contributed by atoms with Crippen LogP contribution < -0.4 is 29.2 Å². The van der Waals surface area contributed by atoms with E-state index in [4.69, 9.17) is 18.9 Å².